The van der Waals surface area contributed by atoms with E-state index in [9.17, 15) is 0 Å². The van der Waals surface area contributed by atoms with Crippen LogP contribution in [0.25, 0.3) is 21.5 Å². The predicted octanol–water partition coefficient (Wildman–Crippen LogP) is 8.19. The van der Waals surface area contributed by atoms with Crippen molar-refractivity contribution in [1.82, 2.24) is 0 Å². The molecule has 0 aliphatic carbocycles. The molecule has 0 saturated carbocycles. The van der Waals surface area contributed by atoms with E-state index in [4.69, 9.17) is 8.85 Å². The maximum atomic E-state index is 7.08. The van der Waals surface area contributed by atoms with Crippen LogP contribution in [0.15, 0.2) is 133 Å². The van der Waals surface area contributed by atoms with Crippen molar-refractivity contribution >= 4 is 53.2 Å². The predicted molar refractivity (Wildman–Crippen MR) is 152 cm³/mol. The van der Waals surface area contributed by atoms with Crippen LogP contribution >= 0.6 is 0 Å². The zero-order valence-corrected chi connectivity index (χ0v) is 20.9. The molecule has 37 heavy (non-hydrogen) atoms. The Kier molecular flexibility index (Phi) is 4.21. The standard InChI is InChI=1S/C32H22N2O2Si/c1-3-15-27(16-4-1)33-29-19-23-11-7-9-13-25(23)21-31(29)35-37(33)34(28-17-5-2-6-18-28)30-20-24-12-8-10-14-26(24)22-32(30)36-37/h1-22H. The van der Waals surface area contributed by atoms with E-state index in [1.165, 1.54) is 10.8 Å². The van der Waals surface area contributed by atoms with Gasteiger partial charge in [0, 0.05) is 11.4 Å². The largest absolute Gasteiger partial charge is 0.733 e. The van der Waals surface area contributed by atoms with Gasteiger partial charge >= 0.3 is 8.88 Å². The molecule has 2 aliphatic rings. The highest BCUT2D eigenvalue weighted by molar-refractivity contribution is 6.82. The lowest BCUT2D eigenvalue weighted by molar-refractivity contribution is 0.414. The summed E-state index contributed by atoms with van der Waals surface area (Å²) in [6.45, 7) is 0. The van der Waals surface area contributed by atoms with Crippen molar-refractivity contribution in [3.63, 3.8) is 0 Å². The van der Waals surface area contributed by atoms with Gasteiger partial charge in [-0.3, -0.25) is 9.13 Å². The SMILES string of the molecule is c1ccc(N2c3cc4ccccc4cc3O[Si]23Oc2cc4ccccc4cc2N3c2ccccc2)cc1. The molecule has 0 unspecified atom stereocenters. The fourth-order valence-electron chi connectivity index (χ4n) is 5.58. The van der Waals surface area contributed by atoms with E-state index in [0.717, 1.165) is 45.0 Å². The molecular formula is C32H22N2O2Si. The molecule has 1 spiro atoms. The summed E-state index contributed by atoms with van der Waals surface area (Å²) >= 11 is 0. The highest BCUT2D eigenvalue weighted by Gasteiger charge is 2.68. The van der Waals surface area contributed by atoms with Crippen LogP contribution in [-0.2, 0) is 0 Å². The van der Waals surface area contributed by atoms with E-state index in [0.29, 0.717) is 0 Å². The number of benzene rings is 6. The summed E-state index contributed by atoms with van der Waals surface area (Å²) in [5.74, 6) is 1.68. The van der Waals surface area contributed by atoms with Gasteiger partial charge in [-0.1, -0.05) is 84.9 Å². The molecule has 0 atom stereocenters. The zero-order chi connectivity index (χ0) is 24.4. The van der Waals surface area contributed by atoms with Crippen LogP contribution in [0.5, 0.6) is 11.5 Å². The van der Waals surface area contributed by atoms with Gasteiger partial charge in [0.2, 0.25) is 0 Å². The van der Waals surface area contributed by atoms with Crippen molar-refractivity contribution in [2.45, 2.75) is 0 Å². The molecule has 176 valence electrons. The van der Waals surface area contributed by atoms with E-state index in [1.807, 2.05) is 12.1 Å². The molecule has 2 heterocycles. The highest BCUT2D eigenvalue weighted by atomic mass is 28.4. The van der Waals surface area contributed by atoms with Gasteiger partial charge in [0.1, 0.15) is 11.5 Å². The van der Waals surface area contributed by atoms with Gasteiger partial charge in [0.05, 0.1) is 11.4 Å². The third-order valence-corrected chi connectivity index (χ3v) is 10.3. The fraction of sp³-hybridized carbons (Fsp3) is 0. The van der Waals surface area contributed by atoms with Crippen LogP contribution in [0.1, 0.15) is 0 Å². The van der Waals surface area contributed by atoms with Crippen LogP contribution in [0, 0.1) is 0 Å². The van der Waals surface area contributed by atoms with Gasteiger partial charge in [-0.05, 0) is 70.1 Å². The molecule has 2 aliphatic heterocycles. The topological polar surface area (TPSA) is 24.9 Å². The van der Waals surface area contributed by atoms with E-state index >= 15 is 0 Å². The second kappa shape index (κ2) is 7.63. The number of nitrogens with zero attached hydrogens (tertiary/aromatic N) is 2. The van der Waals surface area contributed by atoms with Gasteiger partial charge in [0.25, 0.3) is 0 Å². The zero-order valence-electron chi connectivity index (χ0n) is 19.9. The minimum Gasteiger partial charge on any atom is -0.478 e. The van der Waals surface area contributed by atoms with Gasteiger partial charge in [-0.2, -0.15) is 0 Å². The Bertz CT molecular complexity index is 1670. The van der Waals surface area contributed by atoms with E-state index in [1.54, 1.807) is 0 Å². The molecular weight excluding hydrogens is 472 g/mol. The fourth-order valence-corrected chi connectivity index (χ4v) is 9.00. The third-order valence-electron chi connectivity index (χ3n) is 7.22. The molecule has 6 aromatic carbocycles. The molecule has 8 rings (SSSR count). The monoisotopic (exact) mass is 494 g/mol. The number of anilines is 4. The summed E-state index contributed by atoms with van der Waals surface area (Å²) in [6, 6.07) is 46.5. The third kappa shape index (κ3) is 2.95. The molecule has 4 nitrogen and oxygen atoms in total. The molecule has 0 radical (unpaired) electrons. The molecule has 5 heteroatoms. The van der Waals surface area contributed by atoms with Crippen LogP contribution < -0.4 is 18.0 Å². The average molecular weight is 495 g/mol. The minimum absolute atomic E-state index is 0.840. The van der Waals surface area contributed by atoms with Crippen LogP contribution in [0.4, 0.5) is 22.7 Å². The Morgan fingerprint density at radius 3 is 1.16 bits per heavy atom. The second-order valence-electron chi connectivity index (χ2n) is 9.43. The van der Waals surface area contributed by atoms with E-state index < -0.39 is 8.88 Å². The normalized spacial score (nSPS) is 15.0. The van der Waals surface area contributed by atoms with Crippen molar-refractivity contribution < 1.29 is 8.85 Å². The first-order valence-corrected chi connectivity index (χ1v) is 14.2. The Balaban J connectivity index is 1.43. The number of rotatable bonds is 2. The van der Waals surface area contributed by atoms with Gasteiger partial charge < -0.3 is 8.85 Å². The average Bonchev–Trinajstić information content (AvgIpc) is 3.43. The van der Waals surface area contributed by atoms with Crippen molar-refractivity contribution in [3.8, 4) is 11.5 Å². The van der Waals surface area contributed by atoms with E-state index in [2.05, 4.69) is 130 Å². The smallest absolute Gasteiger partial charge is 0.478 e. The lowest BCUT2D eigenvalue weighted by Crippen LogP contribution is -2.67. The number of hydrogen-bond donors (Lipinski definition) is 0. The molecule has 0 aromatic heterocycles. The summed E-state index contributed by atoms with van der Waals surface area (Å²) in [6.07, 6.45) is 0. The van der Waals surface area contributed by atoms with Gasteiger partial charge in [0.15, 0.2) is 0 Å². The summed E-state index contributed by atoms with van der Waals surface area (Å²) in [4.78, 5) is 0. The Hall–Kier alpha value is -4.74. The van der Waals surface area contributed by atoms with Crippen molar-refractivity contribution in [2.24, 2.45) is 0 Å². The highest BCUT2D eigenvalue weighted by Crippen LogP contribution is 2.55. The molecule has 0 N–H and O–H groups in total. The van der Waals surface area contributed by atoms with Crippen molar-refractivity contribution in [1.29, 1.82) is 0 Å². The summed E-state index contributed by atoms with van der Waals surface area (Å²) < 4.78 is 18.8. The minimum atomic E-state index is -3.35. The first kappa shape index (κ1) is 20.4. The van der Waals surface area contributed by atoms with Crippen LogP contribution in [0.2, 0.25) is 0 Å². The quantitative estimate of drug-likeness (QED) is 0.227. The molecule has 6 aromatic rings. The first-order chi connectivity index (χ1) is 18.3. The molecule has 0 fully saturated rings. The second-order valence-corrected chi connectivity index (χ2v) is 11.8. The van der Waals surface area contributed by atoms with Gasteiger partial charge in [-0.15, -0.1) is 0 Å². The lowest BCUT2D eigenvalue weighted by atomic mass is 10.1. The van der Waals surface area contributed by atoms with Crippen molar-refractivity contribution in [2.75, 3.05) is 9.13 Å². The molecule has 0 amide bonds. The van der Waals surface area contributed by atoms with Crippen LogP contribution in [0.3, 0.4) is 0 Å². The number of hydrogen-bond acceptors (Lipinski definition) is 4. The maximum Gasteiger partial charge on any atom is 0.733 e. The molecule has 0 bridgehead atoms. The summed E-state index contributed by atoms with van der Waals surface area (Å²) in [7, 11) is -3.35. The Morgan fingerprint density at radius 1 is 0.405 bits per heavy atom. The molecule has 0 saturated heterocycles. The maximum absolute atomic E-state index is 7.08. The van der Waals surface area contributed by atoms with Crippen molar-refractivity contribution in [3.05, 3.63) is 133 Å². The van der Waals surface area contributed by atoms with Crippen LogP contribution in [-0.4, -0.2) is 8.88 Å². The lowest BCUT2D eigenvalue weighted by Gasteiger charge is -2.35. The Morgan fingerprint density at radius 2 is 0.757 bits per heavy atom. The summed E-state index contributed by atoms with van der Waals surface area (Å²) in [5.41, 5.74) is 4.13. The summed E-state index contributed by atoms with van der Waals surface area (Å²) in [5, 5.41) is 4.63. The van der Waals surface area contributed by atoms with E-state index in [-0.39, 0.29) is 0 Å². The Labute approximate surface area is 215 Å². The number of para-hydroxylation sites is 2. The number of fused-ring (bicyclic) bond motifs is 4. The first-order valence-electron chi connectivity index (χ1n) is 12.4. The van der Waals surface area contributed by atoms with Gasteiger partial charge in [-0.25, -0.2) is 0 Å².